The largest absolute Gasteiger partial charge is 0.481 e. The van der Waals surface area contributed by atoms with E-state index < -0.39 is 5.97 Å². The highest BCUT2D eigenvalue weighted by atomic mass is 79.9. The molecular formula is C15H21BrN2O2. The molecule has 20 heavy (non-hydrogen) atoms. The average molecular weight is 341 g/mol. The van der Waals surface area contributed by atoms with Gasteiger partial charge in [-0.1, -0.05) is 28.1 Å². The van der Waals surface area contributed by atoms with Crippen LogP contribution in [0, 0.1) is 6.92 Å². The summed E-state index contributed by atoms with van der Waals surface area (Å²) in [5.74, 6) is -0.711. The van der Waals surface area contributed by atoms with Crippen molar-refractivity contribution < 1.29 is 9.90 Å². The van der Waals surface area contributed by atoms with E-state index in [4.69, 9.17) is 5.11 Å². The molecule has 0 unspecified atom stereocenters. The van der Waals surface area contributed by atoms with E-state index in [1.807, 2.05) is 0 Å². The lowest BCUT2D eigenvalue weighted by molar-refractivity contribution is -0.137. The minimum Gasteiger partial charge on any atom is -0.481 e. The molecule has 1 N–H and O–H groups in total. The van der Waals surface area contributed by atoms with E-state index >= 15 is 0 Å². The molecule has 110 valence electrons. The van der Waals surface area contributed by atoms with Gasteiger partial charge in [-0.3, -0.25) is 9.69 Å². The second-order valence-electron chi connectivity index (χ2n) is 5.35. The lowest BCUT2D eigenvalue weighted by Gasteiger charge is -2.34. The van der Waals surface area contributed by atoms with Gasteiger partial charge in [-0.25, -0.2) is 0 Å². The topological polar surface area (TPSA) is 43.8 Å². The lowest BCUT2D eigenvalue weighted by atomic mass is 10.1. The molecule has 1 aliphatic heterocycles. The first kappa shape index (κ1) is 15.5. The van der Waals surface area contributed by atoms with Gasteiger partial charge in [0.05, 0.1) is 6.42 Å². The van der Waals surface area contributed by atoms with Gasteiger partial charge in [0.1, 0.15) is 0 Å². The molecule has 1 saturated heterocycles. The Labute approximate surface area is 128 Å². The quantitative estimate of drug-likeness (QED) is 0.893. The standard InChI is InChI=1S/C15H21BrN2O2/c1-12-2-3-13(10-14(12)16)11-18-8-6-17(7-9-18)5-4-15(19)20/h2-3,10H,4-9,11H2,1H3,(H,19,20). The van der Waals surface area contributed by atoms with Gasteiger partial charge in [-0.05, 0) is 24.1 Å². The molecule has 1 fully saturated rings. The van der Waals surface area contributed by atoms with Crippen molar-refractivity contribution in [1.82, 2.24) is 9.80 Å². The molecule has 0 saturated carbocycles. The highest BCUT2D eigenvalue weighted by Gasteiger charge is 2.17. The Hall–Kier alpha value is -0.910. The Kier molecular flexibility index (Phi) is 5.57. The Morgan fingerprint density at radius 3 is 2.50 bits per heavy atom. The fraction of sp³-hybridized carbons (Fsp3) is 0.533. The molecule has 1 heterocycles. The van der Waals surface area contributed by atoms with Gasteiger partial charge in [0, 0.05) is 43.7 Å². The maximum atomic E-state index is 10.6. The number of hydrogen-bond donors (Lipinski definition) is 1. The predicted octanol–water partition coefficient (Wildman–Crippen LogP) is 2.35. The summed E-state index contributed by atoms with van der Waals surface area (Å²) < 4.78 is 1.16. The zero-order valence-corrected chi connectivity index (χ0v) is 13.4. The maximum Gasteiger partial charge on any atom is 0.304 e. The van der Waals surface area contributed by atoms with E-state index in [0.717, 1.165) is 37.2 Å². The molecule has 0 aliphatic carbocycles. The second kappa shape index (κ2) is 7.20. The van der Waals surface area contributed by atoms with Crippen molar-refractivity contribution in [2.45, 2.75) is 19.9 Å². The number of hydrogen-bond acceptors (Lipinski definition) is 3. The highest BCUT2D eigenvalue weighted by molar-refractivity contribution is 9.10. The fourth-order valence-corrected chi connectivity index (χ4v) is 2.84. The van der Waals surface area contributed by atoms with Crippen LogP contribution in [0.5, 0.6) is 0 Å². The number of rotatable bonds is 5. The molecule has 0 radical (unpaired) electrons. The van der Waals surface area contributed by atoms with Crippen molar-refractivity contribution in [3.63, 3.8) is 0 Å². The molecule has 1 aromatic rings. The second-order valence-corrected chi connectivity index (χ2v) is 6.20. The molecule has 2 rings (SSSR count). The normalized spacial score (nSPS) is 17.3. The Morgan fingerprint density at radius 2 is 1.90 bits per heavy atom. The molecule has 0 amide bonds. The Balaban J connectivity index is 1.79. The summed E-state index contributed by atoms with van der Waals surface area (Å²) in [4.78, 5) is 15.2. The molecule has 0 bridgehead atoms. The summed E-state index contributed by atoms with van der Waals surface area (Å²) in [6.45, 7) is 7.65. The number of nitrogens with zero attached hydrogens (tertiary/aromatic N) is 2. The maximum absolute atomic E-state index is 10.6. The first-order chi connectivity index (χ1) is 9.54. The van der Waals surface area contributed by atoms with E-state index in [-0.39, 0.29) is 6.42 Å². The van der Waals surface area contributed by atoms with Crippen molar-refractivity contribution in [1.29, 1.82) is 0 Å². The number of piperazine rings is 1. The summed E-state index contributed by atoms with van der Waals surface area (Å²) >= 11 is 3.57. The van der Waals surface area contributed by atoms with Crippen LogP contribution in [0.2, 0.25) is 0 Å². The van der Waals surface area contributed by atoms with Crippen LogP contribution in [-0.2, 0) is 11.3 Å². The molecule has 1 aliphatic rings. The molecular weight excluding hydrogens is 320 g/mol. The van der Waals surface area contributed by atoms with E-state index in [2.05, 4.69) is 50.9 Å². The number of carbonyl (C=O) groups is 1. The number of carboxylic acids is 1. The van der Waals surface area contributed by atoms with E-state index in [1.165, 1.54) is 11.1 Å². The lowest BCUT2D eigenvalue weighted by Crippen LogP contribution is -2.46. The first-order valence-electron chi connectivity index (χ1n) is 6.96. The van der Waals surface area contributed by atoms with Gasteiger partial charge in [-0.2, -0.15) is 0 Å². The summed E-state index contributed by atoms with van der Waals surface area (Å²) in [6, 6.07) is 6.51. The minimum absolute atomic E-state index is 0.241. The van der Waals surface area contributed by atoms with Crippen LogP contribution < -0.4 is 0 Å². The monoisotopic (exact) mass is 340 g/mol. The number of halogens is 1. The van der Waals surface area contributed by atoms with Crippen molar-refractivity contribution in [2.75, 3.05) is 32.7 Å². The SMILES string of the molecule is Cc1ccc(CN2CCN(CCC(=O)O)CC2)cc1Br. The zero-order valence-electron chi connectivity index (χ0n) is 11.8. The Bertz CT molecular complexity index is 471. The van der Waals surface area contributed by atoms with Gasteiger partial charge in [0.25, 0.3) is 0 Å². The third-order valence-electron chi connectivity index (χ3n) is 3.75. The molecule has 5 heteroatoms. The van der Waals surface area contributed by atoms with Crippen LogP contribution in [0.1, 0.15) is 17.5 Å². The van der Waals surface area contributed by atoms with E-state index in [1.54, 1.807) is 0 Å². The van der Waals surface area contributed by atoms with Gasteiger partial charge in [-0.15, -0.1) is 0 Å². The van der Waals surface area contributed by atoms with E-state index in [0.29, 0.717) is 6.54 Å². The molecule has 0 atom stereocenters. The summed E-state index contributed by atoms with van der Waals surface area (Å²) in [5, 5.41) is 8.70. The first-order valence-corrected chi connectivity index (χ1v) is 7.75. The molecule has 1 aromatic carbocycles. The van der Waals surface area contributed by atoms with E-state index in [9.17, 15) is 4.79 Å². The summed E-state index contributed by atoms with van der Waals surface area (Å²) in [7, 11) is 0. The van der Waals surface area contributed by atoms with Crippen LogP contribution in [0.3, 0.4) is 0 Å². The fourth-order valence-electron chi connectivity index (χ4n) is 2.42. The van der Waals surface area contributed by atoms with Gasteiger partial charge < -0.3 is 10.0 Å². The smallest absolute Gasteiger partial charge is 0.304 e. The summed E-state index contributed by atoms with van der Waals surface area (Å²) in [5.41, 5.74) is 2.58. The Morgan fingerprint density at radius 1 is 1.25 bits per heavy atom. The van der Waals surface area contributed by atoms with Gasteiger partial charge >= 0.3 is 5.97 Å². The predicted molar refractivity (Wildman–Crippen MR) is 82.8 cm³/mol. The van der Waals surface area contributed by atoms with Crippen LogP contribution in [0.25, 0.3) is 0 Å². The molecule has 0 aromatic heterocycles. The highest BCUT2D eigenvalue weighted by Crippen LogP contribution is 2.19. The van der Waals surface area contributed by atoms with Crippen molar-refractivity contribution >= 4 is 21.9 Å². The number of carboxylic acid groups (broad SMARTS) is 1. The van der Waals surface area contributed by atoms with Crippen LogP contribution in [-0.4, -0.2) is 53.6 Å². The van der Waals surface area contributed by atoms with Crippen LogP contribution in [0.4, 0.5) is 0 Å². The molecule has 0 spiro atoms. The zero-order chi connectivity index (χ0) is 14.5. The summed E-state index contributed by atoms with van der Waals surface area (Å²) in [6.07, 6.45) is 0.241. The number of aliphatic carboxylic acids is 1. The minimum atomic E-state index is -0.711. The average Bonchev–Trinajstić information content (AvgIpc) is 2.42. The number of aryl methyl sites for hydroxylation is 1. The number of benzene rings is 1. The van der Waals surface area contributed by atoms with Gasteiger partial charge in [0.15, 0.2) is 0 Å². The third kappa shape index (κ3) is 4.58. The third-order valence-corrected chi connectivity index (χ3v) is 4.60. The van der Waals surface area contributed by atoms with Crippen molar-refractivity contribution in [3.05, 3.63) is 33.8 Å². The van der Waals surface area contributed by atoms with Crippen LogP contribution >= 0.6 is 15.9 Å². The molecule has 4 nitrogen and oxygen atoms in total. The van der Waals surface area contributed by atoms with Crippen molar-refractivity contribution in [3.8, 4) is 0 Å². The van der Waals surface area contributed by atoms with Gasteiger partial charge in [0.2, 0.25) is 0 Å². The van der Waals surface area contributed by atoms with Crippen molar-refractivity contribution in [2.24, 2.45) is 0 Å². The van der Waals surface area contributed by atoms with Crippen LogP contribution in [0.15, 0.2) is 22.7 Å².